The quantitative estimate of drug-likeness (QED) is 0.209. The number of hydrogen-bond donors (Lipinski definition) is 1. The van der Waals surface area contributed by atoms with Gasteiger partial charge in [-0.05, 0) is 23.8 Å². The lowest BCUT2D eigenvalue weighted by Crippen LogP contribution is -2.06. The highest BCUT2D eigenvalue weighted by atomic mass is 16.6. The molecule has 0 unspecified atom stereocenters. The molecule has 0 atom stereocenters. The largest absolute Gasteiger partial charge is 0.508 e. The molecule has 0 fully saturated rings. The van der Waals surface area contributed by atoms with Gasteiger partial charge in [-0.15, -0.1) is 0 Å². The van der Waals surface area contributed by atoms with Crippen LogP contribution in [0.3, 0.4) is 0 Å². The maximum atomic E-state index is 11.7. The predicted octanol–water partition coefficient (Wildman–Crippen LogP) is 3.38. The minimum Gasteiger partial charge on any atom is -0.508 e. The fraction of sp³-hybridized carbons (Fsp3) is 0. The van der Waals surface area contributed by atoms with Gasteiger partial charge in [0.25, 0.3) is 5.69 Å². The van der Waals surface area contributed by atoms with Crippen molar-refractivity contribution in [3.05, 3.63) is 86.5 Å². The van der Waals surface area contributed by atoms with Crippen LogP contribution in [0.5, 0.6) is 11.5 Å². The second kappa shape index (κ2) is 8.20. The molecule has 0 spiro atoms. The van der Waals surface area contributed by atoms with Crippen LogP contribution < -0.4 is 4.74 Å². The molecule has 0 aliphatic carbocycles. The molecule has 0 aliphatic rings. The molecule has 132 valence electrons. The fourth-order valence-corrected chi connectivity index (χ4v) is 1.88. The number of allylic oxidation sites excluding steroid dienone is 2. The van der Waals surface area contributed by atoms with Gasteiger partial charge in [-0.3, -0.25) is 20.2 Å². The summed E-state index contributed by atoms with van der Waals surface area (Å²) in [7, 11) is 0. The van der Waals surface area contributed by atoms with Gasteiger partial charge in [0, 0.05) is 12.1 Å². The van der Waals surface area contributed by atoms with Crippen molar-refractivity contribution in [2.24, 2.45) is 0 Å². The Labute approximate surface area is 146 Å². The molecule has 2 aromatic carbocycles. The number of non-ortho nitro benzene ring substituents is 1. The first-order valence-electron chi connectivity index (χ1n) is 7.15. The van der Waals surface area contributed by atoms with E-state index < -0.39 is 32.9 Å². The summed E-state index contributed by atoms with van der Waals surface area (Å²) in [6, 6.07) is 9.06. The molecular weight excluding hydrogens is 344 g/mol. The maximum Gasteiger partial charge on any atom is 0.336 e. The number of benzene rings is 2. The molecule has 26 heavy (non-hydrogen) atoms. The molecule has 0 bridgehead atoms. The second-order valence-corrected chi connectivity index (χ2v) is 4.90. The minimum atomic E-state index is -0.877. The van der Waals surface area contributed by atoms with Crippen molar-refractivity contribution >= 4 is 23.4 Å². The van der Waals surface area contributed by atoms with Gasteiger partial charge in [-0.1, -0.05) is 30.4 Å². The number of ether oxygens (including phenoxy) is 1. The number of aromatic hydroxyl groups is 1. The lowest BCUT2D eigenvalue weighted by molar-refractivity contribution is -0.394. The smallest absolute Gasteiger partial charge is 0.336 e. The average molecular weight is 356 g/mol. The lowest BCUT2D eigenvalue weighted by Gasteiger charge is -2.02. The highest BCUT2D eigenvalue weighted by molar-refractivity contribution is 5.85. The molecule has 0 saturated carbocycles. The van der Waals surface area contributed by atoms with E-state index in [1.807, 2.05) is 0 Å². The highest BCUT2D eigenvalue weighted by Gasteiger charge is 2.21. The number of esters is 1. The number of nitro benzene ring substituents is 2. The zero-order valence-corrected chi connectivity index (χ0v) is 13.1. The average Bonchev–Trinajstić information content (AvgIpc) is 2.60. The third-order valence-electron chi connectivity index (χ3n) is 3.09. The van der Waals surface area contributed by atoms with Gasteiger partial charge in [-0.2, -0.15) is 0 Å². The Morgan fingerprint density at radius 1 is 1.00 bits per heavy atom. The molecule has 0 heterocycles. The summed E-state index contributed by atoms with van der Waals surface area (Å²) in [4.78, 5) is 31.7. The molecule has 0 aromatic heterocycles. The number of carbonyl (C=O) groups excluding carboxylic acids is 1. The van der Waals surface area contributed by atoms with Crippen LogP contribution in [0.15, 0.2) is 60.7 Å². The summed E-state index contributed by atoms with van der Waals surface area (Å²) in [5.74, 6) is -1.14. The van der Waals surface area contributed by atoms with Gasteiger partial charge < -0.3 is 9.84 Å². The summed E-state index contributed by atoms with van der Waals surface area (Å²) in [5.41, 5.74) is -0.378. The Kier molecular flexibility index (Phi) is 5.78. The van der Waals surface area contributed by atoms with Crippen molar-refractivity contribution in [2.75, 3.05) is 0 Å². The standard InChI is InChI=1S/C17H12N2O7/c20-14-8-5-12(6-9-14)3-1-2-4-17(21)26-16-10-7-13(18(22)23)11-15(16)19(24)25/h1-11,20H/b3-1+,4-2+. The van der Waals surface area contributed by atoms with E-state index in [4.69, 9.17) is 9.84 Å². The SMILES string of the molecule is O=C(/C=C/C=C/c1ccc(O)cc1)Oc1ccc([N+](=O)[O-])cc1[N+](=O)[O-]. The molecule has 2 aromatic rings. The highest BCUT2D eigenvalue weighted by Crippen LogP contribution is 2.31. The summed E-state index contributed by atoms with van der Waals surface area (Å²) in [5, 5.41) is 30.8. The number of phenolic OH excluding ortho intramolecular Hbond substituents is 1. The Balaban J connectivity index is 2.06. The van der Waals surface area contributed by atoms with Crippen molar-refractivity contribution < 1.29 is 24.5 Å². The van der Waals surface area contributed by atoms with Crippen LogP contribution in [0.4, 0.5) is 11.4 Å². The Morgan fingerprint density at radius 3 is 2.31 bits per heavy atom. The maximum absolute atomic E-state index is 11.7. The van der Waals surface area contributed by atoms with E-state index in [2.05, 4.69) is 0 Å². The Morgan fingerprint density at radius 2 is 1.69 bits per heavy atom. The van der Waals surface area contributed by atoms with Crippen molar-refractivity contribution in [2.45, 2.75) is 0 Å². The molecule has 0 saturated heterocycles. The fourth-order valence-electron chi connectivity index (χ4n) is 1.88. The van der Waals surface area contributed by atoms with Crippen molar-refractivity contribution in [1.29, 1.82) is 0 Å². The van der Waals surface area contributed by atoms with Crippen LogP contribution in [0.1, 0.15) is 5.56 Å². The van der Waals surface area contributed by atoms with Gasteiger partial charge in [0.1, 0.15) is 5.75 Å². The van der Waals surface area contributed by atoms with Gasteiger partial charge in [-0.25, -0.2) is 4.79 Å². The molecule has 0 aliphatic heterocycles. The first kappa shape index (κ1) is 18.3. The number of hydrogen-bond acceptors (Lipinski definition) is 7. The Bertz CT molecular complexity index is 902. The number of phenols is 1. The number of carbonyl (C=O) groups is 1. The number of nitro groups is 2. The van der Waals surface area contributed by atoms with E-state index in [1.54, 1.807) is 18.2 Å². The zero-order chi connectivity index (χ0) is 19.1. The number of nitrogens with zero attached hydrogens (tertiary/aromatic N) is 2. The Hall–Kier alpha value is -4.01. The molecule has 2 rings (SSSR count). The molecule has 9 heteroatoms. The summed E-state index contributed by atoms with van der Waals surface area (Å²) >= 11 is 0. The topological polar surface area (TPSA) is 133 Å². The monoisotopic (exact) mass is 356 g/mol. The summed E-state index contributed by atoms with van der Waals surface area (Å²) in [6.07, 6.45) is 5.61. The minimum absolute atomic E-state index is 0.131. The van der Waals surface area contributed by atoms with Crippen LogP contribution in [0.25, 0.3) is 6.08 Å². The van der Waals surface area contributed by atoms with Crippen LogP contribution in [-0.4, -0.2) is 20.9 Å². The van der Waals surface area contributed by atoms with Crippen LogP contribution in [-0.2, 0) is 4.79 Å². The molecule has 0 amide bonds. The van der Waals surface area contributed by atoms with Crippen LogP contribution >= 0.6 is 0 Å². The van der Waals surface area contributed by atoms with Crippen molar-refractivity contribution in [3.63, 3.8) is 0 Å². The summed E-state index contributed by atoms with van der Waals surface area (Å²) in [6.45, 7) is 0. The first-order valence-corrected chi connectivity index (χ1v) is 7.15. The molecule has 9 nitrogen and oxygen atoms in total. The molecular formula is C17H12N2O7. The third kappa shape index (κ3) is 4.99. The summed E-state index contributed by atoms with van der Waals surface area (Å²) < 4.78 is 4.85. The van der Waals surface area contributed by atoms with E-state index in [1.165, 1.54) is 24.3 Å². The first-order chi connectivity index (χ1) is 12.4. The number of rotatable bonds is 6. The van der Waals surface area contributed by atoms with E-state index in [9.17, 15) is 25.0 Å². The van der Waals surface area contributed by atoms with E-state index in [0.29, 0.717) is 0 Å². The van der Waals surface area contributed by atoms with Gasteiger partial charge in [0.2, 0.25) is 5.75 Å². The van der Waals surface area contributed by atoms with Crippen molar-refractivity contribution in [3.8, 4) is 11.5 Å². The second-order valence-electron chi connectivity index (χ2n) is 4.90. The van der Waals surface area contributed by atoms with Crippen LogP contribution in [0.2, 0.25) is 0 Å². The van der Waals surface area contributed by atoms with Crippen LogP contribution in [0, 0.1) is 20.2 Å². The molecule has 1 N–H and O–H groups in total. The van der Waals surface area contributed by atoms with Gasteiger partial charge in [0.05, 0.1) is 15.9 Å². The van der Waals surface area contributed by atoms with Crippen molar-refractivity contribution in [1.82, 2.24) is 0 Å². The predicted molar refractivity (Wildman–Crippen MR) is 91.7 cm³/mol. The zero-order valence-electron chi connectivity index (χ0n) is 13.1. The van der Waals surface area contributed by atoms with E-state index >= 15 is 0 Å². The van der Waals surface area contributed by atoms with E-state index in [-0.39, 0.29) is 5.75 Å². The van der Waals surface area contributed by atoms with E-state index in [0.717, 1.165) is 29.8 Å². The molecule has 0 radical (unpaired) electrons. The third-order valence-corrected chi connectivity index (χ3v) is 3.09. The lowest BCUT2D eigenvalue weighted by atomic mass is 10.2. The van der Waals surface area contributed by atoms with Gasteiger partial charge in [0.15, 0.2) is 0 Å². The normalized spacial score (nSPS) is 10.9. The van der Waals surface area contributed by atoms with Gasteiger partial charge >= 0.3 is 11.7 Å².